The SMILES string of the molecule is CCC(C)(C)n1nnnc1[C@H](c1ccc(OC)c(OC)c1)N1CCN(c2nc3ccccc3s2)CC1. The van der Waals surface area contributed by atoms with E-state index in [1.54, 1.807) is 25.6 Å². The molecule has 0 spiro atoms. The molecule has 5 rings (SSSR count). The number of rotatable bonds is 8. The van der Waals surface area contributed by atoms with Crippen LogP contribution in [0, 0.1) is 0 Å². The lowest BCUT2D eigenvalue weighted by atomic mass is 9.98. The second-order valence-corrected chi connectivity index (χ2v) is 10.6. The molecule has 2 aromatic carbocycles. The zero-order valence-electron chi connectivity index (χ0n) is 21.5. The fourth-order valence-corrected chi connectivity index (χ4v) is 5.68. The van der Waals surface area contributed by atoms with E-state index in [4.69, 9.17) is 14.5 Å². The second kappa shape index (κ2) is 10.0. The number of hydrogen-bond donors (Lipinski definition) is 0. The summed E-state index contributed by atoms with van der Waals surface area (Å²) >= 11 is 1.75. The average molecular weight is 508 g/mol. The predicted molar refractivity (Wildman–Crippen MR) is 142 cm³/mol. The average Bonchev–Trinajstić information content (AvgIpc) is 3.57. The number of fused-ring (bicyclic) bond motifs is 1. The van der Waals surface area contributed by atoms with Crippen LogP contribution >= 0.6 is 11.3 Å². The minimum absolute atomic E-state index is 0.122. The number of aromatic nitrogens is 5. The molecule has 0 aliphatic carbocycles. The summed E-state index contributed by atoms with van der Waals surface area (Å²) in [5.74, 6) is 2.23. The first-order valence-corrected chi connectivity index (χ1v) is 13.1. The summed E-state index contributed by atoms with van der Waals surface area (Å²) in [6.07, 6.45) is 0.912. The van der Waals surface area contributed by atoms with E-state index in [0.717, 1.165) is 54.6 Å². The third kappa shape index (κ3) is 4.51. The summed E-state index contributed by atoms with van der Waals surface area (Å²) < 4.78 is 14.3. The number of hydrogen-bond acceptors (Lipinski definition) is 9. The molecule has 1 saturated heterocycles. The molecule has 1 aliphatic heterocycles. The molecule has 10 heteroatoms. The minimum Gasteiger partial charge on any atom is -0.493 e. The van der Waals surface area contributed by atoms with Gasteiger partial charge in [-0.1, -0.05) is 36.5 Å². The van der Waals surface area contributed by atoms with Crippen molar-refractivity contribution >= 4 is 26.7 Å². The number of tetrazole rings is 1. The maximum absolute atomic E-state index is 5.64. The molecular weight excluding hydrogens is 474 g/mol. The zero-order valence-corrected chi connectivity index (χ0v) is 22.3. The molecular formula is C26H33N7O2S. The summed E-state index contributed by atoms with van der Waals surface area (Å²) in [6.45, 7) is 9.97. The van der Waals surface area contributed by atoms with Crippen molar-refractivity contribution in [1.82, 2.24) is 30.1 Å². The van der Waals surface area contributed by atoms with Gasteiger partial charge in [-0.25, -0.2) is 9.67 Å². The highest BCUT2D eigenvalue weighted by atomic mass is 32.1. The lowest BCUT2D eigenvalue weighted by molar-refractivity contribution is 0.187. The van der Waals surface area contributed by atoms with Gasteiger partial charge in [-0.3, -0.25) is 4.90 Å². The van der Waals surface area contributed by atoms with E-state index < -0.39 is 0 Å². The second-order valence-electron chi connectivity index (χ2n) is 9.62. The van der Waals surface area contributed by atoms with Gasteiger partial charge in [0.05, 0.1) is 36.0 Å². The molecule has 4 aromatic rings. The van der Waals surface area contributed by atoms with Gasteiger partial charge in [0.15, 0.2) is 22.5 Å². The van der Waals surface area contributed by atoms with Crippen LogP contribution in [0.15, 0.2) is 42.5 Å². The van der Waals surface area contributed by atoms with Crippen LogP contribution in [0.4, 0.5) is 5.13 Å². The molecule has 1 atom stereocenters. The molecule has 2 aromatic heterocycles. The van der Waals surface area contributed by atoms with E-state index in [2.05, 4.69) is 70.4 Å². The molecule has 0 saturated carbocycles. The monoisotopic (exact) mass is 507 g/mol. The first-order chi connectivity index (χ1) is 17.4. The van der Waals surface area contributed by atoms with Crippen LogP contribution in [0.1, 0.15) is 44.6 Å². The molecule has 0 unspecified atom stereocenters. The quantitative estimate of drug-likeness (QED) is 0.348. The molecule has 3 heterocycles. The Morgan fingerprint density at radius 1 is 1.00 bits per heavy atom. The summed E-state index contributed by atoms with van der Waals surface area (Å²) in [4.78, 5) is 9.71. The van der Waals surface area contributed by atoms with Crippen molar-refractivity contribution in [1.29, 1.82) is 0 Å². The molecule has 1 aliphatic rings. The van der Waals surface area contributed by atoms with Gasteiger partial charge < -0.3 is 14.4 Å². The molecule has 190 valence electrons. The van der Waals surface area contributed by atoms with Gasteiger partial charge in [-0.15, -0.1) is 5.10 Å². The molecule has 36 heavy (non-hydrogen) atoms. The zero-order chi connectivity index (χ0) is 25.3. The van der Waals surface area contributed by atoms with Crippen LogP contribution in [-0.4, -0.2) is 70.5 Å². The number of anilines is 1. The van der Waals surface area contributed by atoms with Gasteiger partial charge in [0.1, 0.15) is 0 Å². The summed E-state index contributed by atoms with van der Waals surface area (Å²) in [6, 6.07) is 14.3. The Bertz CT molecular complexity index is 1290. The number of ether oxygens (including phenoxy) is 2. The highest BCUT2D eigenvalue weighted by molar-refractivity contribution is 7.22. The van der Waals surface area contributed by atoms with Crippen molar-refractivity contribution in [2.75, 3.05) is 45.3 Å². The summed E-state index contributed by atoms with van der Waals surface area (Å²) in [5, 5.41) is 14.1. The van der Waals surface area contributed by atoms with Crippen molar-refractivity contribution in [3.63, 3.8) is 0 Å². The van der Waals surface area contributed by atoms with E-state index in [-0.39, 0.29) is 11.6 Å². The van der Waals surface area contributed by atoms with E-state index in [9.17, 15) is 0 Å². The Hall–Kier alpha value is -3.24. The summed E-state index contributed by atoms with van der Waals surface area (Å²) in [5.41, 5.74) is 1.92. The van der Waals surface area contributed by atoms with Gasteiger partial charge >= 0.3 is 0 Å². The van der Waals surface area contributed by atoms with E-state index >= 15 is 0 Å². The number of para-hydroxylation sites is 1. The van der Waals surface area contributed by atoms with Crippen molar-refractivity contribution in [3.8, 4) is 11.5 Å². The lowest BCUT2D eigenvalue weighted by Gasteiger charge is -2.39. The highest BCUT2D eigenvalue weighted by Crippen LogP contribution is 2.37. The minimum atomic E-state index is -0.212. The fourth-order valence-electron chi connectivity index (χ4n) is 4.66. The highest BCUT2D eigenvalue weighted by Gasteiger charge is 2.35. The van der Waals surface area contributed by atoms with E-state index in [1.165, 1.54) is 4.70 Å². The van der Waals surface area contributed by atoms with Gasteiger partial charge in [-0.2, -0.15) is 0 Å². The maximum atomic E-state index is 5.64. The van der Waals surface area contributed by atoms with Crippen LogP contribution in [0.25, 0.3) is 10.2 Å². The first-order valence-electron chi connectivity index (χ1n) is 12.3. The molecule has 0 radical (unpaired) electrons. The number of methoxy groups -OCH3 is 2. The summed E-state index contributed by atoms with van der Waals surface area (Å²) in [7, 11) is 3.32. The van der Waals surface area contributed by atoms with Gasteiger partial charge in [0.25, 0.3) is 0 Å². The van der Waals surface area contributed by atoms with E-state index in [0.29, 0.717) is 11.5 Å². The van der Waals surface area contributed by atoms with Crippen molar-refractivity contribution in [3.05, 3.63) is 53.9 Å². The molecule has 1 fully saturated rings. The molecule has 0 N–H and O–H groups in total. The fraction of sp³-hybridized carbons (Fsp3) is 0.462. The predicted octanol–water partition coefficient (Wildman–Crippen LogP) is 4.36. The van der Waals surface area contributed by atoms with Crippen LogP contribution < -0.4 is 14.4 Å². The Labute approximate surface area is 215 Å². The van der Waals surface area contributed by atoms with Crippen LogP contribution in [0.2, 0.25) is 0 Å². The lowest BCUT2D eigenvalue weighted by Crippen LogP contribution is -2.48. The smallest absolute Gasteiger partial charge is 0.186 e. The Morgan fingerprint density at radius 2 is 1.75 bits per heavy atom. The third-order valence-electron chi connectivity index (χ3n) is 7.13. The van der Waals surface area contributed by atoms with Gasteiger partial charge in [0.2, 0.25) is 0 Å². The Balaban J connectivity index is 1.47. The first kappa shape index (κ1) is 24.5. The number of benzene rings is 2. The van der Waals surface area contributed by atoms with Crippen LogP contribution in [0.5, 0.6) is 11.5 Å². The Kier molecular flexibility index (Phi) is 6.81. The van der Waals surface area contributed by atoms with Crippen molar-refractivity contribution in [2.45, 2.75) is 38.8 Å². The number of nitrogens with zero attached hydrogens (tertiary/aromatic N) is 7. The van der Waals surface area contributed by atoms with Crippen molar-refractivity contribution < 1.29 is 9.47 Å². The number of piperazine rings is 1. The normalized spacial score (nSPS) is 15.9. The number of thiazole rings is 1. The van der Waals surface area contributed by atoms with Crippen LogP contribution in [-0.2, 0) is 5.54 Å². The standard InChI is InChI=1S/C26H33N7O2S/c1-6-26(2,3)33-24(28-29-30-33)23(18-11-12-20(34-4)21(17-18)35-5)31-13-15-32(16-14-31)25-27-19-9-7-8-10-22(19)36-25/h7-12,17,23H,6,13-16H2,1-5H3/t23-/m0/s1. The van der Waals surface area contributed by atoms with Crippen molar-refractivity contribution in [2.24, 2.45) is 0 Å². The molecule has 0 bridgehead atoms. The topological polar surface area (TPSA) is 81.4 Å². The maximum Gasteiger partial charge on any atom is 0.186 e. The third-order valence-corrected chi connectivity index (χ3v) is 8.23. The van der Waals surface area contributed by atoms with Gasteiger partial charge in [-0.05, 0) is 60.5 Å². The van der Waals surface area contributed by atoms with Gasteiger partial charge in [0, 0.05) is 26.2 Å². The molecule has 0 amide bonds. The Morgan fingerprint density at radius 3 is 2.44 bits per heavy atom. The van der Waals surface area contributed by atoms with E-state index in [1.807, 2.05) is 22.9 Å². The molecule has 9 nitrogen and oxygen atoms in total. The largest absolute Gasteiger partial charge is 0.493 e. The van der Waals surface area contributed by atoms with Crippen LogP contribution in [0.3, 0.4) is 0 Å².